The largest absolute Gasteiger partial charge is 0.412 e. The van der Waals surface area contributed by atoms with Gasteiger partial charge >= 0.3 is 11.9 Å². The zero-order valence-electron chi connectivity index (χ0n) is 12.0. The van der Waals surface area contributed by atoms with Crippen LogP contribution in [0.15, 0.2) is 53.5 Å². The van der Waals surface area contributed by atoms with E-state index in [-0.39, 0.29) is 16.8 Å². The maximum atomic E-state index is 13.3. The fourth-order valence-corrected chi connectivity index (χ4v) is 2.25. The summed E-state index contributed by atoms with van der Waals surface area (Å²) in [6, 6.07) is 7.56. The zero-order valence-corrected chi connectivity index (χ0v) is 12.0. The molecule has 0 saturated heterocycles. The predicted molar refractivity (Wildman–Crippen MR) is 78.5 cm³/mol. The lowest BCUT2D eigenvalue weighted by molar-refractivity contribution is -0.155. The second-order valence-corrected chi connectivity index (χ2v) is 5.03. The van der Waals surface area contributed by atoms with E-state index >= 15 is 0 Å². The third-order valence-electron chi connectivity index (χ3n) is 3.41. The number of rotatable bonds is 3. The number of nitrogens with zero attached hydrogens (tertiary/aromatic N) is 2. The maximum Gasteiger partial charge on any atom is 0.412 e. The number of amides is 1. The van der Waals surface area contributed by atoms with E-state index in [2.05, 4.69) is 10.2 Å². The number of aromatic amines is 1. The molecule has 9 heteroatoms. The lowest BCUT2D eigenvalue weighted by Crippen LogP contribution is -2.38. The molecular formula is C15H11F3N4O2. The number of alkyl halides is 3. The summed E-state index contributed by atoms with van der Waals surface area (Å²) in [5.74, 6) is -0.948. The normalized spacial score (nSPS) is 13.0. The number of benzene rings is 1. The van der Waals surface area contributed by atoms with E-state index in [1.54, 1.807) is 6.07 Å². The highest BCUT2D eigenvalue weighted by Crippen LogP contribution is 2.32. The number of fused-ring (bicyclic) bond motifs is 1. The summed E-state index contributed by atoms with van der Waals surface area (Å²) in [4.78, 5) is 23.7. The highest BCUT2D eigenvalue weighted by molar-refractivity contribution is 5.94. The molecule has 1 unspecified atom stereocenters. The summed E-state index contributed by atoms with van der Waals surface area (Å²) in [5, 5.41) is 7.82. The van der Waals surface area contributed by atoms with E-state index in [0.29, 0.717) is 0 Å². The first-order valence-electron chi connectivity index (χ1n) is 6.85. The molecule has 2 aromatic heterocycles. The Labute approximate surface area is 132 Å². The van der Waals surface area contributed by atoms with Crippen LogP contribution in [0.1, 0.15) is 22.0 Å². The number of hydrogen-bond donors (Lipinski definition) is 2. The minimum Gasteiger partial charge on any atom is -0.337 e. The Hall–Kier alpha value is -3.10. The van der Waals surface area contributed by atoms with Crippen LogP contribution in [0.25, 0.3) is 5.65 Å². The number of carbonyl (C=O) groups excluding carboxylic acids is 1. The number of halogens is 3. The van der Waals surface area contributed by atoms with E-state index in [1.165, 1.54) is 36.4 Å². The van der Waals surface area contributed by atoms with E-state index in [4.69, 9.17) is 0 Å². The van der Waals surface area contributed by atoms with Gasteiger partial charge in [0.2, 0.25) is 0 Å². The van der Waals surface area contributed by atoms with Gasteiger partial charge in [0.1, 0.15) is 0 Å². The monoisotopic (exact) mass is 336 g/mol. The number of H-pyrrole nitrogens is 1. The Kier molecular flexibility index (Phi) is 3.84. The third kappa shape index (κ3) is 3.00. The molecule has 0 fully saturated rings. The molecule has 0 spiro atoms. The van der Waals surface area contributed by atoms with Crippen molar-refractivity contribution in [1.82, 2.24) is 19.9 Å². The molecule has 124 valence electrons. The van der Waals surface area contributed by atoms with Crippen LogP contribution >= 0.6 is 0 Å². The highest BCUT2D eigenvalue weighted by atomic mass is 19.4. The topological polar surface area (TPSA) is 79.3 Å². The molecule has 0 saturated carbocycles. The Morgan fingerprint density at radius 1 is 1.17 bits per heavy atom. The SMILES string of the molecule is O=C(NC(c1ccccc1)C(F)(F)F)c1ccc2n[nH]c(=O)n2c1. The fraction of sp³-hybridized carbons (Fsp3) is 0.133. The van der Waals surface area contributed by atoms with Gasteiger partial charge in [-0.05, 0) is 17.7 Å². The van der Waals surface area contributed by atoms with Crippen molar-refractivity contribution < 1.29 is 18.0 Å². The van der Waals surface area contributed by atoms with E-state index in [1.807, 2.05) is 5.32 Å². The van der Waals surface area contributed by atoms with E-state index in [0.717, 1.165) is 10.6 Å². The summed E-state index contributed by atoms with van der Waals surface area (Å²) in [6.45, 7) is 0. The first kappa shape index (κ1) is 15.8. The van der Waals surface area contributed by atoms with Gasteiger partial charge in [-0.2, -0.15) is 18.3 Å². The molecule has 3 rings (SSSR count). The first-order valence-corrected chi connectivity index (χ1v) is 6.85. The summed E-state index contributed by atoms with van der Waals surface area (Å²) >= 11 is 0. The number of carbonyl (C=O) groups is 1. The van der Waals surface area contributed by atoms with Crippen molar-refractivity contribution in [1.29, 1.82) is 0 Å². The number of aromatic nitrogens is 3. The zero-order chi connectivity index (χ0) is 17.3. The van der Waals surface area contributed by atoms with Crippen LogP contribution in [0.5, 0.6) is 0 Å². The minimum absolute atomic E-state index is 0.0834. The second kappa shape index (κ2) is 5.84. The standard InChI is InChI=1S/C15H11F3N4O2/c16-15(17,18)12(9-4-2-1-3-5-9)19-13(23)10-6-7-11-20-21-14(24)22(11)8-10/h1-8,12H,(H,19,23)(H,21,24). The molecule has 2 N–H and O–H groups in total. The van der Waals surface area contributed by atoms with Gasteiger partial charge in [0.05, 0.1) is 5.56 Å². The number of pyridine rings is 1. The highest BCUT2D eigenvalue weighted by Gasteiger charge is 2.41. The van der Waals surface area contributed by atoms with Crippen LogP contribution < -0.4 is 11.0 Å². The van der Waals surface area contributed by atoms with Crippen molar-refractivity contribution in [2.75, 3.05) is 0 Å². The second-order valence-electron chi connectivity index (χ2n) is 5.03. The molecule has 24 heavy (non-hydrogen) atoms. The molecule has 6 nitrogen and oxygen atoms in total. The first-order chi connectivity index (χ1) is 11.4. The van der Waals surface area contributed by atoms with Crippen LogP contribution in [0.3, 0.4) is 0 Å². The van der Waals surface area contributed by atoms with Gasteiger partial charge in [0, 0.05) is 6.20 Å². The molecule has 0 aliphatic heterocycles. The number of nitrogens with one attached hydrogen (secondary N) is 2. The van der Waals surface area contributed by atoms with Crippen molar-refractivity contribution in [2.24, 2.45) is 0 Å². The molecule has 1 atom stereocenters. The maximum absolute atomic E-state index is 13.3. The molecular weight excluding hydrogens is 325 g/mol. The minimum atomic E-state index is -4.66. The van der Waals surface area contributed by atoms with Crippen molar-refractivity contribution in [2.45, 2.75) is 12.2 Å². The van der Waals surface area contributed by atoms with Gasteiger partial charge < -0.3 is 5.32 Å². The quantitative estimate of drug-likeness (QED) is 0.768. The molecule has 3 aromatic rings. The van der Waals surface area contributed by atoms with Gasteiger partial charge in [0.25, 0.3) is 5.91 Å². The van der Waals surface area contributed by atoms with E-state index < -0.39 is 23.8 Å². The molecule has 1 amide bonds. The van der Waals surface area contributed by atoms with Crippen molar-refractivity contribution in [3.63, 3.8) is 0 Å². The van der Waals surface area contributed by atoms with Crippen molar-refractivity contribution >= 4 is 11.6 Å². The van der Waals surface area contributed by atoms with Crippen molar-refractivity contribution in [3.8, 4) is 0 Å². The lowest BCUT2D eigenvalue weighted by Gasteiger charge is -2.22. The summed E-state index contributed by atoms with van der Waals surface area (Å²) in [7, 11) is 0. The van der Waals surface area contributed by atoms with Gasteiger partial charge in [-0.1, -0.05) is 30.3 Å². The van der Waals surface area contributed by atoms with Gasteiger partial charge in [-0.3, -0.25) is 4.79 Å². The molecule has 0 aliphatic rings. The van der Waals surface area contributed by atoms with Crippen LogP contribution in [0.4, 0.5) is 13.2 Å². The van der Waals surface area contributed by atoms with Gasteiger partial charge in [0.15, 0.2) is 11.7 Å². The average Bonchev–Trinajstić information content (AvgIpc) is 2.93. The smallest absolute Gasteiger partial charge is 0.337 e. The average molecular weight is 336 g/mol. The lowest BCUT2D eigenvalue weighted by atomic mass is 10.1. The Balaban J connectivity index is 1.92. The third-order valence-corrected chi connectivity index (χ3v) is 3.41. The van der Waals surface area contributed by atoms with Crippen LogP contribution in [0.2, 0.25) is 0 Å². The van der Waals surface area contributed by atoms with Gasteiger partial charge in [-0.15, -0.1) is 0 Å². The molecule has 1 aromatic carbocycles. The Morgan fingerprint density at radius 2 is 1.88 bits per heavy atom. The van der Waals surface area contributed by atoms with E-state index in [9.17, 15) is 22.8 Å². The van der Waals surface area contributed by atoms with Gasteiger partial charge in [-0.25, -0.2) is 14.3 Å². The molecule has 2 heterocycles. The Bertz CT molecular complexity index is 931. The predicted octanol–water partition coefficient (Wildman–Crippen LogP) is 2.06. The van der Waals surface area contributed by atoms with Crippen molar-refractivity contribution in [3.05, 3.63) is 70.3 Å². The van der Waals surface area contributed by atoms with Crippen LogP contribution in [0, 0.1) is 0 Å². The molecule has 0 bridgehead atoms. The van der Waals surface area contributed by atoms with Crippen LogP contribution in [-0.4, -0.2) is 26.7 Å². The Morgan fingerprint density at radius 3 is 2.54 bits per heavy atom. The fourth-order valence-electron chi connectivity index (χ4n) is 2.25. The summed E-state index contributed by atoms with van der Waals surface area (Å²) in [5.41, 5.74) is -0.502. The van der Waals surface area contributed by atoms with Crippen LogP contribution in [-0.2, 0) is 0 Å². The number of hydrogen-bond acceptors (Lipinski definition) is 3. The molecule has 0 radical (unpaired) electrons. The summed E-state index contributed by atoms with van der Waals surface area (Å²) in [6.07, 6.45) is -3.53. The summed E-state index contributed by atoms with van der Waals surface area (Å²) < 4.78 is 40.8. The molecule has 0 aliphatic carbocycles.